The highest BCUT2D eigenvalue weighted by atomic mass is 79.9. The Balaban J connectivity index is 2.36. The minimum absolute atomic E-state index is 0.357. The molecule has 0 radical (unpaired) electrons. The smallest absolute Gasteiger partial charge is 0.164 e. The van der Waals surface area contributed by atoms with Gasteiger partial charge in [-0.2, -0.15) is 0 Å². The number of fused-ring (bicyclic) bond motifs is 1. The summed E-state index contributed by atoms with van der Waals surface area (Å²) in [6.45, 7) is 3.75. The molecular weight excluding hydrogens is 357 g/mol. The van der Waals surface area contributed by atoms with Gasteiger partial charge in [0.05, 0.1) is 11.1 Å². The van der Waals surface area contributed by atoms with Crippen LogP contribution in [0.25, 0.3) is 16.9 Å². The van der Waals surface area contributed by atoms with E-state index in [-0.39, 0.29) is 11.2 Å². The summed E-state index contributed by atoms with van der Waals surface area (Å²) in [7, 11) is 0. The monoisotopic (exact) mass is 367 g/mol. The van der Waals surface area contributed by atoms with Gasteiger partial charge in [0.1, 0.15) is 17.2 Å². The first-order valence-electron chi connectivity index (χ1n) is 6.42. The van der Waals surface area contributed by atoms with Crippen LogP contribution in [0.1, 0.15) is 23.7 Å². The zero-order chi connectivity index (χ0) is 15.1. The molecule has 0 bridgehead atoms. The summed E-state index contributed by atoms with van der Waals surface area (Å²) in [4.78, 5) is 8.89. The average Bonchev–Trinajstić information content (AvgIpc) is 2.77. The molecular formula is C15H12BrClFN3. The summed E-state index contributed by atoms with van der Waals surface area (Å²) in [6.07, 6.45) is 1.74. The summed E-state index contributed by atoms with van der Waals surface area (Å²) in [6, 6.07) is 6.79. The van der Waals surface area contributed by atoms with Gasteiger partial charge in [-0.3, -0.25) is 4.57 Å². The van der Waals surface area contributed by atoms with Gasteiger partial charge in [-0.1, -0.05) is 15.9 Å². The normalized spacial score (nSPS) is 12.8. The van der Waals surface area contributed by atoms with E-state index in [1.807, 2.05) is 19.9 Å². The zero-order valence-corrected chi connectivity index (χ0v) is 13.8. The van der Waals surface area contributed by atoms with Crippen LogP contribution in [0, 0.1) is 12.7 Å². The van der Waals surface area contributed by atoms with Crippen LogP contribution in [0.2, 0.25) is 0 Å². The van der Waals surface area contributed by atoms with Crippen LogP contribution in [0.15, 0.2) is 34.9 Å². The number of halogens is 3. The molecule has 6 heteroatoms. The van der Waals surface area contributed by atoms with Crippen LogP contribution in [-0.2, 0) is 0 Å². The van der Waals surface area contributed by atoms with Crippen LogP contribution in [0.3, 0.4) is 0 Å². The molecule has 3 nitrogen and oxygen atoms in total. The molecule has 0 aliphatic carbocycles. The second kappa shape index (κ2) is 5.39. The van der Waals surface area contributed by atoms with Crippen LogP contribution >= 0.6 is 27.5 Å². The maximum Gasteiger partial charge on any atom is 0.164 e. The van der Waals surface area contributed by atoms with Gasteiger partial charge in [0, 0.05) is 10.7 Å². The van der Waals surface area contributed by atoms with Crippen LogP contribution in [0.4, 0.5) is 4.39 Å². The summed E-state index contributed by atoms with van der Waals surface area (Å²) in [5.74, 6) is 0.218. The number of benzene rings is 1. The van der Waals surface area contributed by atoms with E-state index in [1.54, 1.807) is 22.9 Å². The second-order valence-corrected chi connectivity index (χ2v) is 6.44. The Hall–Kier alpha value is -1.46. The van der Waals surface area contributed by atoms with E-state index in [0.717, 1.165) is 5.56 Å². The van der Waals surface area contributed by atoms with Gasteiger partial charge in [0.2, 0.25) is 0 Å². The highest BCUT2D eigenvalue weighted by Crippen LogP contribution is 2.29. The molecule has 2 heterocycles. The van der Waals surface area contributed by atoms with E-state index in [1.165, 1.54) is 6.07 Å². The third-order valence-corrected chi connectivity index (χ3v) is 3.85. The van der Waals surface area contributed by atoms with Crippen molar-refractivity contribution in [3.8, 4) is 5.69 Å². The molecule has 0 aliphatic heterocycles. The summed E-state index contributed by atoms with van der Waals surface area (Å²) in [5.41, 5.74) is 2.70. The molecule has 2 aromatic heterocycles. The van der Waals surface area contributed by atoms with Crippen LogP contribution in [0.5, 0.6) is 0 Å². The van der Waals surface area contributed by atoms with Gasteiger partial charge >= 0.3 is 0 Å². The van der Waals surface area contributed by atoms with Crippen molar-refractivity contribution in [1.82, 2.24) is 14.5 Å². The van der Waals surface area contributed by atoms with Crippen molar-refractivity contribution in [3.05, 3.63) is 52.1 Å². The van der Waals surface area contributed by atoms with E-state index >= 15 is 0 Å². The molecule has 1 aromatic carbocycles. The van der Waals surface area contributed by atoms with Gasteiger partial charge in [0.15, 0.2) is 5.65 Å². The van der Waals surface area contributed by atoms with E-state index in [9.17, 15) is 4.39 Å². The van der Waals surface area contributed by atoms with Crippen LogP contribution < -0.4 is 0 Å². The van der Waals surface area contributed by atoms with E-state index in [2.05, 4.69) is 25.9 Å². The minimum atomic E-state index is -0.359. The molecule has 0 saturated carbocycles. The largest absolute Gasteiger partial charge is 0.276 e. The van der Waals surface area contributed by atoms with Crippen molar-refractivity contribution in [2.75, 3.05) is 0 Å². The van der Waals surface area contributed by atoms with Gasteiger partial charge in [-0.25, -0.2) is 14.4 Å². The van der Waals surface area contributed by atoms with Crippen molar-refractivity contribution < 1.29 is 4.39 Å². The fourth-order valence-electron chi connectivity index (χ4n) is 2.25. The number of hydrogen-bond donors (Lipinski definition) is 0. The lowest BCUT2D eigenvalue weighted by molar-refractivity contribution is 0.615. The molecule has 1 unspecified atom stereocenters. The Labute approximate surface area is 134 Å². The topological polar surface area (TPSA) is 30.7 Å². The molecule has 3 aromatic rings. The quantitative estimate of drug-likeness (QED) is 0.600. The first-order chi connectivity index (χ1) is 9.97. The van der Waals surface area contributed by atoms with E-state index in [4.69, 9.17) is 11.6 Å². The molecule has 1 atom stereocenters. The lowest BCUT2D eigenvalue weighted by Crippen LogP contribution is -2.05. The predicted molar refractivity (Wildman–Crippen MR) is 85.5 cm³/mol. The van der Waals surface area contributed by atoms with E-state index in [0.29, 0.717) is 27.1 Å². The molecule has 0 aliphatic rings. The Morgan fingerprint density at radius 2 is 2.10 bits per heavy atom. The SMILES string of the molecule is Cc1cnc2c(c1)nc(C(C)Cl)n2-c1ccc(Br)cc1F. The molecule has 0 N–H and O–H groups in total. The van der Waals surface area contributed by atoms with Crippen molar-refractivity contribution in [3.63, 3.8) is 0 Å². The summed E-state index contributed by atoms with van der Waals surface area (Å²) < 4.78 is 16.7. The molecule has 0 saturated heterocycles. The zero-order valence-electron chi connectivity index (χ0n) is 11.4. The number of rotatable bonds is 2. The predicted octanol–water partition coefficient (Wildman–Crippen LogP) is 4.93. The average molecular weight is 369 g/mol. The lowest BCUT2D eigenvalue weighted by Gasteiger charge is -2.11. The standard InChI is InChI=1S/C15H12BrClFN3/c1-8-5-12-15(19-7-8)21(14(20-12)9(2)17)13-4-3-10(16)6-11(13)18/h3-7,9H,1-2H3. The number of alkyl halides is 1. The van der Waals surface area contributed by atoms with Crippen LogP contribution in [-0.4, -0.2) is 14.5 Å². The summed E-state index contributed by atoms with van der Waals surface area (Å²) in [5, 5.41) is -0.359. The van der Waals surface area contributed by atoms with Gasteiger partial charge < -0.3 is 0 Å². The second-order valence-electron chi connectivity index (χ2n) is 4.87. The van der Waals surface area contributed by atoms with Gasteiger partial charge in [-0.15, -0.1) is 11.6 Å². The maximum atomic E-state index is 14.3. The highest BCUT2D eigenvalue weighted by Gasteiger charge is 2.19. The number of hydrogen-bond acceptors (Lipinski definition) is 2. The number of aryl methyl sites for hydroxylation is 1. The first-order valence-corrected chi connectivity index (χ1v) is 7.65. The Kier molecular flexibility index (Phi) is 3.71. The Morgan fingerprint density at radius 3 is 2.76 bits per heavy atom. The maximum absolute atomic E-state index is 14.3. The van der Waals surface area contributed by atoms with Crippen molar-refractivity contribution in [1.29, 1.82) is 0 Å². The molecule has 3 rings (SSSR count). The molecule has 0 amide bonds. The first kappa shape index (κ1) is 14.5. The molecule has 21 heavy (non-hydrogen) atoms. The summed E-state index contributed by atoms with van der Waals surface area (Å²) >= 11 is 9.47. The van der Waals surface area contributed by atoms with Crippen molar-refractivity contribution >= 4 is 38.7 Å². The van der Waals surface area contributed by atoms with E-state index < -0.39 is 0 Å². The van der Waals surface area contributed by atoms with Crippen molar-refractivity contribution in [2.24, 2.45) is 0 Å². The van der Waals surface area contributed by atoms with Crippen molar-refractivity contribution in [2.45, 2.75) is 19.2 Å². The Morgan fingerprint density at radius 1 is 1.33 bits per heavy atom. The molecule has 0 fully saturated rings. The Bertz CT molecular complexity index is 829. The number of pyridine rings is 1. The van der Waals surface area contributed by atoms with Gasteiger partial charge in [0.25, 0.3) is 0 Å². The third-order valence-electron chi connectivity index (χ3n) is 3.17. The fourth-order valence-corrected chi connectivity index (χ4v) is 2.73. The number of aromatic nitrogens is 3. The lowest BCUT2D eigenvalue weighted by atomic mass is 10.3. The number of nitrogens with zero attached hydrogens (tertiary/aromatic N) is 3. The molecule has 108 valence electrons. The minimum Gasteiger partial charge on any atom is -0.276 e. The van der Waals surface area contributed by atoms with Gasteiger partial charge in [-0.05, 0) is 43.7 Å². The molecule has 0 spiro atoms. The number of imidazole rings is 1. The third kappa shape index (κ3) is 2.56. The highest BCUT2D eigenvalue weighted by molar-refractivity contribution is 9.10. The fraction of sp³-hybridized carbons (Fsp3) is 0.200.